The summed E-state index contributed by atoms with van der Waals surface area (Å²) < 4.78 is 52.1. The minimum absolute atomic E-state index is 0.00455. The van der Waals surface area contributed by atoms with Crippen LogP contribution in [0.3, 0.4) is 0 Å². The molecule has 0 spiro atoms. The molecule has 0 aromatic carbocycles. The van der Waals surface area contributed by atoms with E-state index in [9.17, 15) is 28.5 Å². The molecule has 2 rings (SSSR count). The van der Waals surface area contributed by atoms with Crippen molar-refractivity contribution in [3.8, 4) is 0 Å². The first kappa shape index (κ1) is 24.7. The van der Waals surface area contributed by atoms with Gasteiger partial charge >= 0.3 is 23.5 Å². The Hall–Kier alpha value is -0.570. The number of H-pyrrole nitrogens is 1. The van der Waals surface area contributed by atoms with Crippen molar-refractivity contribution in [1.82, 2.24) is 9.55 Å². The zero-order valence-corrected chi connectivity index (χ0v) is 17.9. The van der Waals surface area contributed by atoms with E-state index in [2.05, 4.69) is 18.1 Å². The van der Waals surface area contributed by atoms with E-state index in [0.717, 1.165) is 6.07 Å². The van der Waals surface area contributed by atoms with E-state index in [0.29, 0.717) is 0 Å². The second-order valence-corrected chi connectivity index (χ2v) is 10.6. The fourth-order valence-electron chi connectivity index (χ4n) is 2.45. The smallest absolute Gasteiger partial charge is 0.390 e. The van der Waals surface area contributed by atoms with Crippen LogP contribution in [-0.4, -0.2) is 53.0 Å². The van der Waals surface area contributed by atoms with Crippen molar-refractivity contribution >= 4 is 35.7 Å². The van der Waals surface area contributed by atoms with Crippen LogP contribution in [0.5, 0.6) is 0 Å². The molecule has 1 aromatic rings. The molecule has 1 fully saturated rings. The molecule has 15 nitrogen and oxygen atoms in total. The first-order chi connectivity index (χ1) is 13.1. The molecule has 6 atom stereocenters. The minimum atomic E-state index is -5.65. The van der Waals surface area contributed by atoms with Gasteiger partial charge in [0.15, 0.2) is 4.77 Å². The van der Waals surface area contributed by atoms with E-state index in [1.165, 1.54) is 10.8 Å². The molecular weight excluding hydrogens is 481 g/mol. The number of ether oxygens (including phenoxy) is 1. The highest BCUT2D eigenvalue weighted by Gasteiger charge is 2.45. The number of phosphoric ester groups is 1. The van der Waals surface area contributed by atoms with Crippen LogP contribution in [0.25, 0.3) is 0 Å². The van der Waals surface area contributed by atoms with Gasteiger partial charge in [0, 0.05) is 18.2 Å². The molecule has 0 bridgehead atoms. The van der Waals surface area contributed by atoms with Crippen LogP contribution in [0.1, 0.15) is 13.2 Å². The van der Waals surface area contributed by atoms with Crippen molar-refractivity contribution in [2.45, 2.75) is 25.4 Å². The molecule has 0 radical (unpaired) electrons. The van der Waals surface area contributed by atoms with E-state index in [4.69, 9.17) is 31.6 Å². The fourth-order valence-corrected chi connectivity index (χ4v) is 5.74. The van der Waals surface area contributed by atoms with Gasteiger partial charge in [0.1, 0.15) is 12.3 Å². The monoisotopic (exact) mass is 498 g/mol. The summed E-state index contributed by atoms with van der Waals surface area (Å²) in [5.41, 5.74) is -0.457. The zero-order chi connectivity index (χ0) is 22.2. The van der Waals surface area contributed by atoms with Crippen LogP contribution in [0.2, 0.25) is 0 Å². The standard InChI is InChI=1S/C10H17N2O13P3S/c1-5-8(14)6(23-9(5)12-3-2-7(13)11-10(12)29)4-22-27(18,19)25-28(20,21)24-26(15,16)17/h2-3,5-6,8-9,14H,4H2,1H3,(H,18,19)(H,20,21)(H,11,13,29)(H2,15,16,17)/t5?,6-,8?,9-/m1/s1. The van der Waals surface area contributed by atoms with Gasteiger partial charge in [0.2, 0.25) is 0 Å². The summed E-state index contributed by atoms with van der Waals surface area (Å²) in [4.78, 5) is 49.1. The number of nitrogens with one attached hydrogen (secondary N) is 1. The lowest BCUT2D eigenvalue weighted by atomic mass is 10.0. The molecule has 29 heavy (non-hydrogen) atoms. The minimum Gasteiger partial charge on any atom is -0.390 e. The normalized spacial score (nSPS) is 29.3. The third-order valence-corrected chi connectivity index (χ3v) is 7.74. The van der Waals surface area contributed by atoms with Crippen molar-refractivity contribution in [2.75, 3.05) is 6.61 Å². The Morgan fingerprint density at radius 3 is 2.38 bits per heavy atom. The van der Waals surface area contributed by atoms with Gasteiger partial charge < -0.3 is 29.4 Å². The highest BCUT2D eigenvalue weighted by molar-refractivity contribution is 7.71. The predicted octanol–water partition coefficient (Wildman–Crippen LogP) is 0.144. The lowest BCUT2D eigenvalue weighted by Gasteiger charge is -2.19. The summed E-state index contributed by atoms with van der Waals surface area (Å²) in [6.07, 6.45) is -2.04. The Balaban J connectivity index is 2.06. The second-order valence-electron chi connectivity index (χ2n) is 5.82. The van der Waals surface area contributed by atoms with Crippen LogP contribution in [-0.2, 0) is 31.6 Å². The van der Waals surface area contributed by atoms with E-state index in [1.54, 1.807) is 6.92 Å². The molecule has 1 saturated heterocycles. The zero-order valence-electron chi connectivity index (χ0n) is 14.4. The van der Waals surface area contributed by atoms with E-state index in [-0.39, 0.29) is 4.77 Å². The summed E-state index contributed by atoms with van der Waals surface area (Å²) in [7, 11) is -16.5. The van der Waals surface area contributed by atoms with Gasteiger partial charge in [0.25, 0.3) is 5.56 Å². The first-order valence-corrected chi connectivity index (χ1v) is 12.5. The average Bonchev–Trinajstić information content (AvgIpc) is 2.78. The van der Waals surface area contributed by atoms with Crippen LogP contribution in [0.4, 0.5) is 0 Å². The van der Waals surface area contributed by atoms with Crippen molar-refractivity contribution in [3.05, 3.63) is 27.4 Å². The molecule has 1 aromatic heterocycles. The Bertz CT molecular complexity index is 1000. The van der Waals surface area contributed by atoms with E-state index >= 15 is 0 Å². The average molecular weight is 498 g/mol. The third kappa shape index (κ3) is 6.97. The van der Waals surface area contributed by atoms with Gasteiger partial charge in [-0.15, -0.1) is 0 Å². The quantitative estimate of drug-likeness (QED) is 0.207. The molecule has 4 unspecified atom stereocenters. The SMILES string of the molecule is CC1C(O)[C@@H](COP(=O)(O)OP(=O)(O)OP(=O)(O)O)O[C@H]1n1ccc(=O)[nH]c1=S. The van der Waals surface area contributed by atoms with Gasteiger partial charge in [-0.05, 0) is 12.2 Å². The van der Waals surface area contributed by atoms with E-state index in [1.807, 2.05) is 0 Å². The molecule has 1 aliphatic rings. The number of aliphatic hydroxyl groups is 1. The topological polar surface area (TPSA) is 227 Å². The van der Waals surface area contributed by atoms with Gasteiger partial charge in [-0.25, -0.2) is 13.7 Å². The second kappa shape index (κ2) is 8.89. The maximum absolute atomic E-state index is 11.8. The fraction of sp³-hybridized carbons (Fsp3) is 0.600. The van der Waals surface area contributed by atoms with Crippen molar-refractivity contribution in [1.29, 1.82) is 0 Å². The molecule has 1 aliphatic heterocycles. The highest BCUT2D eigenvalue weighted by Crippen LogP contribution is 2.66. The van der Waals surface area contributed by atoms with Gasteiger partial charge in [-0.1, -0.05) is 6.92 Å². The van der Waals surface area contributed by atoms with E-state index < -0.39 is 60.0 Å². The summed E-state index contributed by atoms with van der Waals surface area (Å²) in [5, 5.41) is 10.2. The van der Waals surface area contributed by atoms with Crippen molar-refractivity contribution in [2.24, 2.45) is 5.92 Å². The summed E-state index contributed by atoms with van der Waals surface area (Å²) >= 11 is 5.01. The summed E-state index contributed by atoms with van der Waals surface area (Å²) in [6.45, 7) is 0.745. The molecule has 19 heteroatoms. The predicted molar refractivity (Wildman–Crippen MR) is 94.8 cm³/mol. The Morgan fingerprint density at radius 2 is 1.83 bits per heavy atom. The van der Waals surface area contributed by atoms with Crippen LogP contribution in [0, 0.1) is 10.7 Å². The van der Waals surface area contributed by atoms with Crippen molar-refractivity contribution < 1.29 is 56.3 Å². The van der Waals surface area contributed by atoms with Crippen LogP contribution >= 0.6 is 35.7 Å². The van der Waals surface area contributed by atoms with Crippen LogP contribution in [0.15, 0.2) is 17.1 Å². The molecular formula is C10H17N2O13P3S. The van der Waals surface area contributed by atoms with Gasteiger partial charge in [-0.3, -0.25) is 18.9 Å². The largest absolute Gasteiger partial charge is 0.490 e. The molecule has 2 heterocycles. The number of hydrogen-bond donors (Lipinski definition) is 6. The summed E-state index contributed by atoms with van der Waals surface area (Å²) in [6, 6.07) is 1.16. The maximum Gasteiger partial charge on any atom is 0.490 e. The van der Waals surface area contributed by atoms with Gasteiger partial charge in [-0.2, -0.15) is 8.62 Å². The highest BCUT2D eigenvalue weighted by atomic mass is 32.1. The number of nitrogens with zero attached hydrogens (tertiary/aromatic N) is 1. The molecule has 0 aliphatic carbocycles. The summed E-state index contributed by atoms with van der Waals surface area (Å²) in [5.74, 6) is -0.623. The number of aromatic nitrogens is 2. The number of aromatic amines is 1. The lowest BCUT2D eigenvalue weighted by molar-refractivity contribution is -0.0461. The Kier molecular flexibility index (Phi) is 7.57. The first-order valence-electron chi connectivity index (χ1n) is 7.53. The number of rotatable bonds is 8. The number of phosphoric acid groups is 3. The lowest BCUT2D eigenvalue weighted by Crippen LogP contribution is -2.29. The Morgan fingerprint density at radius 1 is 1.21 bits per heavy atom. The number of hydrogen-bond acceptors (Lipinski definition) is 10. The molecule has 6 N–H and O–H groups in total. The van der Waals surface area contributed by atoms with Crippen molar-refractivity contribution in [3.63, 3.8) is 0 Å². The molecule has 0 amide bonds. The van der Waals surface area contributed by atoms with Crippen LogP contribution < -0.4 is 5.56 Å². The molecule has 0 saturated carbocycles. The molecule has 166 valence electrons. The third-order valence-electron chi connectivity index (χ3n) is 3.63. The van der Waals surface area contributed by atoms with Gasteiger partial charge in [0.05, 0.1) is 12.7 Å². The Labute approximate surface area is 167 Å². The maximum atomic E-state index is 11.8. The number of aliphatic hydroxyl groups excluding tert-OH is 1.